The molecule has 4 rings (SSSR count). The fourth-order valence-corrected chi connectivity index (χ4v) is 2.81. The molecule has 0 amide bonds. The van der Waals surface area contributed by atoms with Gasteiger partial charge in [0, 0.05) is 6.54 Å². The highest BCUT2D eigenvalue weighted by molar-refractivity contribution is 5.45. The molecule has 0 radical (unpaired) electrons. The summed E-state index contributed by atoms with van der Waals surface area (Å²) in [5.41, 5.74) is 2.39. The largest absolute Gasteiger partial charge is 0.454 e. The third-order valence-corrected chi connectivity index (χ3v) is 3.98. The van der Waals surface area contributed by atoms with Crippen LogP contribution in [0.2, 0.25) is 0 Å². The van der Waals surface area contributed by atoms with E-state index in [0.29, 0.717) is 13.4 Å². The van der Waals surface area contributed by atoms with Crippen molar-refractivity contribution in [3.63, 3.8) is 0 Å². The van der Waals surface area contributed by atoms with Gasteiger partial charge in [0.1, 0.15) is 0 Å². The standard InChI is InChI=1S/C17H17NO3/c1-2-4-12(5-3-1)14-10-19-17(9-18-14)13-6-7-15-16(8-13)21-11-20-15/h1-8,14,17-18H,9-11H2. The van der Waals surface area contributed by atoms with Crippen molar-refractivity contribution in [1.29, 1.82) is 0 Å². The van der Waals surface area contributed by atoms with E-state index in [1.54, 1.807) is 0 Å². The van der Waals surface area contributed by atoms with Gasteiger partial charge in [-0.05, 0) is 23.3 Å². The summed E-state index contributed by atoms with van der Waals surface area (Å²) < 4.78 is 16.8. The lowest BCUT2D eigenvalue weighted by molar-refractivity contribution is 0.00229. The van der Waals surface area contributed by atoms with Crippen LogP contribution in [0.1, 0.15) is 23.3 Å². The molecule has 4 heteroatoms. The normalized spacial score (nSPS) is 24.0. The second-order valence-electron chi connectivity index (χ2n) is 5.31. The van der Waals surface area contributed by atoms with E-state index in [1.807, 2.05) is 24.3 Å². The Kier molecular flexibility index (Phi) is 3.25. The summed E-state index contributed by atoms with van der Waals surface area (Å²) in [6, 6.07) is 16.7. The van der Waals surface area contributed by atoms with E-state index in [1.165, 1.54) is 5.56 Å². The molecule has 1 fully saturated rings. The highest BCUT2D eigenvalue weighted by Crippen LogP contribution is 2.35. The Hall–Kier alpha value is -2.04. The lowest BCUT2D eigenvalue weighted by Crippen LogP contribution is -2.36. The van der Waals surface area contributed by atoms with Crippen molar-refractivity contribution in [2.24, 2.45) is 0 Å². The summed E-state index contributed by atoms with van der Waals surface area (Å²) in [5, 5.41) is 3.55. The molecule has 0 spiro atoms. The van der Waals surface area contributed by atoms with Crippen molar-refractivity contribution in [3.05, 3.63) is 59.7 Å². The number of rotatable bonds is 2. The van der Waals surface area contributed by atoms with Gasteiger partial charge < -0.3 is 19.5 Å². The van der Waals surface area contributed by atoms with Gasteiger partial charge in [-0.1, -0.05) is 36.4 Å². The molecule has 2 aromatic rings. The lowest BCUT2D eigenvalue weighted by atomic mass is 10.0. The average molecular weight is 283 g/mol. The minimum absolute atomic E-state index is 0.0551. The first-order chi connectivity index (χ1) is 10.4. The van der Waals surface area contributed by atoms with Crippen LogP contribution in [0.4, 0.5) is 0 Å². The molecular formula is C17H17NO3. The van der Waals surface area contributed by atoms with Crippen LogP contribution in [0.5, 0.6) is 11.5 Å². The molecule has 2 atom stereocenters. The summed E-state index contributed by atoms with van der Waals surface area (Å²) in [4.78, 5) is 0. The highest BCUT2D eigenvalue weighted by atomic mass is 16.7. The molecule has 0 aliphatic carbocycles. The number of morpholine rings is 1. The van der Waals surface area contributed by atoms with E-state index < -0.39 is 0 Å². The van der Waals surface area contributed by atoms with Crippen LogP contribution in [0.3, 0.4) is 0 Å². The Balaban J connectivity index is 1.45. The topological polar surface area (TPSA) is 39.7 Å². The molecule has 2 unspecified atom stereocenters. The van der Waals surface area contributed by atoms with E-state index in [-0.39, 0.29) is 12.1 Å². The third-order valence-electron chi connectivity index (χ3n) is 3.98. The molecule has 4 nitrogen and oxygen atoms in total. The summed E-state index contributed by atoms with van der Waals surface area (Å²) in [6.07, 6.45) is 0.0551. The smallest absolute Gasteiger partial charge is 0.231 e. The Morgan fingerprint density at radius 1 is 0.905 bits per heavy atom. The molecule has 2 aromatic carbocycles. The Bertz CT molecular complexity index is 621. The monoisotopic (exact) mass is 283 g/mol. The summed E-state index contributed by atoms with van der Waals surface area (Å²) in [7, 11) is 0. The summed E-state index contributed by atoms with van der Waals surface area (Å²) >= 11 is 0. The fraction of sp³-hybridized carbons (Fsp3) is 0.294. The SMILES string of the molecule is c1ccc(C2COC(c3ccc4c(c3)OCO4)CN2)cc1. The van der Waals surface area contributed by atoms with Crippen LogP contribution in [-0.4, -0.2) is 19.9 Å². The molecule has 0 saturated carbocycles. The van der Waals surface area contributed by atoms with E-state index in [0.717, 1.165) is 23.6 Å². The van der Waals surface area contributed by atoms with Crippen LogP contribution in [0.25, 0.3) is 0 Å². The van der Waals surface area contributed by atoms with Gasteiger partial charge in [0.05, 0.1) is 18.8 Å². The fourth-order valence-electron chi connectivity index (χ4n) is 2.81. The van der Waals surface area contributed by atoms with Crippen LogP contribution in [0, 0.1) is 0 Å². The van der Waals surface area contributed by atoms with Crippen LogP contribution >= 0.6 is 0 Å². The average Bonchev–Trinajstić information content (AvgIpc) is 3.03. The van der Waals surface area contributed by atoms with Gasteiger partial charge in [-0.25, -0.2) is 0 Å². The van der Waals surface area contributed by atoms with Gasteiger partial charge in [-0.2, -0.15) is 0 Å². The van der Waals surface area contributed by atoms with Crippen molar-refractivity contribution in [1.82, 2.24) is 5.32 Å². The first-order valence-corrected chi connectivity index (χ1v) is 7.19. The van der Waals surface area contributed by atoms with Gasteiger partial charge >= 0.3 is 0 Å². The minimum atomic E-state index is 0.0551. The van der Waals surface area contributed by atoms with Crippen LogP contribution in [-0.2, 0) is 4.74 Å². The zero-order valence-corrected chi connectivity index (χ0v) is 11.6. The molecule has 2 aliphatic rings. The Morgan fingerprint density at radius 2 is 1.76 bits per heavy atom. The second-order valence-corrected chi connectivity index (χ2v) is 5.31. The molecule has 0 bridgehead atoms. The van der Waals surface area contributed by atoms with Crippen molar-refractivity contribution in [2.45, 2.75) is 12.1 Å². The highest BCUT2D eigenvalue weighted by Gasteiger charge is 2.25. The third kappa shape index (κ3) is 2.48. The molecule has 1 N–H and O–H groups in total. The molecule has 21 heavy (non-hydrogen) atoms. The Morgan fingerprint density at radius 3 is 2.57 bits per heavy atom. The van der Waals surface area contributed by atoms with Gasteiger partial charge in [0.2, 0.25) is 6.79 Å². The maximum absolute atomic E-state index is 6.03. The predicted octanol–water partition coefficient (Wildman–Crippen LogP) is 2.82. The first-order valence-electron chi connectivity index (χ1n) is 7.19. The predicted molar refractivity (Wildman–Crippen MR) is 78.4 cm³/mol. The van der Waals surface area contributed by atoms with Gasteiger partial charge in [-0.15, -0.1) is 0 Å². The molecule has 2 aliphatic heterocycles. The number of fused-ring (bicyclic) bond motifs is 1. The number of hydrogen-bond donors (Lipinski definition) is 1. The Labute approximate surface area is 123 Å². The zero-order valence-electron chi connectivity index (χ0n) is 11.6. The van der Waals surface area contributed by atoms with E-state index in [9.17, 15) is 0 Å². The minimum Gasteiger partial charge on any atom is -0.454 e. The van der Waals surface area contributed by atoms with E-state index in [2.05, 4.69) is 29.6 Å². The maximum atomic E-state index is 6.03. The van der Waals surface area contributed by atoms with Crippen LogP contribution in [0.15, 0.2) is 48.5 Å². The summed E-state index contributed by atoms with van der Waals surface area (Å²) in [5.74, 6) is 1.62. The first kappa shape index (κ1) is 12.7. The molecular weight excluding hydrogens is 266 g/mol. The van der Waals surface area contributed by atoms with Crippen molar-refractivity contribution < 1.29 is 14.2 Å². The number of ether oxygens (including phenoxy) is 3. The lowest BCUT2D eigenvalue weighted by Gasteiger charge is -2.31. The van der Waals surface area contributed by atoms with Crippen molar-refractivity contribution in [3.8, 4) is 11.5 Å². The molecule has 0 aromatic heterocycles. The van der Waals surface area contributed by atoms with E-state index >= 15 is 0 Å². The van der Waals surface area contributed by atoms with Crippen molar-refractivity contribution in [2.75, 3.05) is 19.9 Å². The van der Waals surface area contributed by atoms with Gasteiger partial charge in [0.25, 0.3) is 0 Å². The maximum Gasteiger partial charge on any atom is 0.231 e. The van der Waals surface area contributed by atoms with Crippen molar-refractivity contribution >= 4 is 0 Å². The number of benzene rings is 2. The number of hydrogen-bond acceptors (Lipinski definition) is 4. The van der Waals surface area contributed by atoms with Crippen LogP contribution < -0.4 is 14.8 Å². The molecule has 2 heterocycles. The second kappa shape index (κ2) is 5.39. The van der Waals surface area contributed by atoms with Gasteiger partial charge in [0.15, 0.2) is 11.5 Å². The molecule has 1 saturated heterocycles. The number of nitrogens with one attached hydrogen (secondary N) is 1. The van der Waals surface area contributed by atoms with Gasteiger partial charge in [-0.3, -0.25) is 0 Å². The summed E-state index contributed by atoms with van der Waals surface area (Å²) in [6.45, 7) is 1.76. The quantitative estimate of drug-likeness (QED) is 0.920. The molecule has 108 valence electrons. The van der Waals surface area contributed by atoms with E-state index in [4.69, 9.17) is 14.2 Å². The zero-order chi connectivity index (χ0) is 14.1.